The van der Waals surface area contributed by atoms with Crippen molar-refractivity contribution >= 4 is 11.7 Å². The molecule has 0 saturated heterocycles. The summed E-state index contributed by atoms with van der Waals surface area (Å²) < 4.78 is 1.52. The molecular formula is C15H13N3O2. The van der Waals surface area contributed by atoms with Gasteiger partial charge in [0.05, 0.1) is 5.69 Å². The first kappa shape index (κ1) is 12.3. The van der Waals surface area contributed by atoms with Gasteiger partial charge in [-0.15, -0.1) is 0 Å². The molecule has 20 heavy (non-hydrogen) atoms. The first-order chi connectivity index (χ1) is 9.56. The molecule has 0 fully saturated rings. The normalized spacial score (nSPS) is 10.9. The number of nitrogens with zero attached hydrogens (tertiary/aromatic N) is 3. The maximum atomic E-state index is 11.3. The zero-order valence-corrected chi connectivity index (χ0v) is 11.2. The quantitative estimate of drug-likeness (QED) is 0.775. The standard InChI is InChI=1S/C15H13N3O2/c1-9-3-5-11(6-4-9)12-7-16-15-17-10(2)13(14(19)20)18(15)8-12/h3-8H,1-2H3,(H,19,20). The Bertz CT molecular complexity index is 804. The monoisotopic (exact) mass is 267 g/mol. The molecule has 0 unspecified atom stereocenters. The van der Waals surface area contributed by atoms with Crippen LogP contribution in [0.4, 0.5) is 0 Å². The van der Waals surface area contributed by atoms with E-state index in [0.29, 0.717) is 11.5 Å². The summed E-state index contributed by atoms with van der Waals surface area (Å²) in [5.74, 6) is -0.603. The summed E-state index contributed by atoms with van der Waals surface area (Å²) in [5, 5.41) is 9.26. The molecule has 0 aliphatic carbocycles. The van der Waals surface area contributed by atoms with Gasteiger partial charge in [0.25, 0.3) is 0 Å². The van der Waals surface area contributed by atoms with Gasteiger partial charge in [-0.05, 0) is 19.4 Å². The summed E-state index contributed by atoms with van der Waals surface area (Å²) in [4.78, 5) is 19.7. The number of benzene rings is 1. The van der Waals surface area contributed by atoms with E-state index in [1.165, 1.54) is 9.96 Å². The number of carboxylic acids is 1. The number of carbonyl (C=O) groups is 1. The number of carboxylic acid groups (broad SMARTS) is 1. The second kappa shape index (κ2) is 4.45. The van der Waals surface area contributed by atoms with Crippen molar-refractivity contribution in [1.82, 2.24) is 14.4 Å². The molecule has 0 spiro atoms. The molecule has 1 N–H and O–H groups in total. The van der Waals surface area contributed by atoms with E-state index in [2.05, 4.69) is 9.97 Å². The van der Waals surface area contributed by atoms with E-state index in [1.807, 2.05) is 31.2 Å². The van der Waals surface area contributed by atoms with Crippen molar-refractivity contribution in [2.75, 3.05) is 0 Å². The van der Waals surface area contributed by atoms with Crippen LogP contribution >= 0.6 is 0 Å². The largest absolute Gasteiger partial charge is 0.477 e. The maximum Gasteiger partial charge on any atom is 0.354 e. The summed E-state index contributed by atoms with van der Waals surface area (Å²) in [6, 6.07) is 8.00. The Morgan fingerprint density at radius 3 is 2.50 bits per heavy atom. The van der Waals surface area contributed by atoms with Crippen molar-refractivity contribution in [3.63, 3.8) is 0 Å². The van der Waals surface area contributed by atoms with Gasteiger partial charge in [-0.3, -0.25) is 4.40 Å². The zero-order chi connectivity index (χ0) is 14.3. The number of hydrogen-bond acceptors (Lipinski definition) is 3. The lowest BCUT2D eigenvalue weighted by Crippen LogP contribution is -2.04. The van der Waals surface area contributed by atoms with Crippen LogP contribution in [0, 0.1) is 13.8 Å². The first-order valence-corrected chi connectivity index (χ1v) is 6.21. The molecule has 0 atom stereocenters. The molecule has 5 heteroatoms. The van der Waals surface area contributed by atoms with Gasteiger partial charge >= 0.3 is 5.97 Å². The van der Waals surface area contributed by atoms with E-state index < -0.39 is 5.97 Å². The van der Waals surface area contributed by atoms with E-state index in [0.717, 1.165) is 11.1 Å². The third-order valence-corrected chi connectivity index (χ3v) is 3.24. The minimum absolute atomic E-state index is 0.154. The van der Waals surface area contributed by atoms with Crippen LogP contribution in [0.15, 0.2) is 36.7 Å². The highest BCUT2D eigenvalue weighted by Gasteiger charge is 2.16. The van der Waals surface area contributed by atoms with Crippen LogP contribution in [0.1, 0.15) is 21.7 Å². The summed E-state index contributed by atoms with van der Waals surface area (Å²) >= 11 is 0. The molecule has 100 valence electrons. The molecule has 0 bridgehead atoms. The van der Waals surface area contributed by atoms with Gasteiger partial charge < -0.3 is 5.11 Å². The van der Waals surface area contributed by atoms with E-state index >= 15 is 0 Å². The Labute approximate surface area is 115 Å². The third kappa shape index (κ3) is 1.93. The van der Waals surface area contributed by atoms with Gasteiger partial charge in [0, 0.05) is 18.0 Å². The molecule has 3 aromatic rings. The predicted octanol–water partition coefficient (Wildman–Crippen LogP) is 2.71. The minimum atomic E-state index is -1.00. The second-order valence-corrected chi connectivity index (χ2v) is 4.73. The van der Waals surface area contributed by atoms with Gasteiger partial charge in [-0.1, -0.05) is 29.8 Å². The Morgan fingerprint density at radius 2 is 1.85 bits per heavy atom. The topological polar surface area (TPSA) is 67.5 Å². The molecule has 1 aromatic carbocycles. The summed E-state index contributed by atoms with van der Waals surface area (Å²) in [5.41, 5.74) is 3.64. The predicted molar refractivity (Wildman–Crippen MR) is 74.9 cm³/mol. The fourth-order valence-electron chi connectivity index (χ4n) is 2.20. The number of hydrogen-bond donors (Lipinski definition) is 1. The number of imidazole rings is 1. The fraction of sp³-hybridized carbons (Fsp3) is 0.133. The van der Waals surface area contributed by atoms with E-state index in [4.69, 9.17) is 0 Å². The van der Waals surface area contributed by atoms with Crippen molar-refractivity contribution < 1.29 is 9.90 Å². The highest BCUT2D eigenvalue weighted by molar-refractivity contribution is 5.88. The van der Waals surface area contributed by atoms with Crippen molar-refractivity contribution in [3.8, 4) is 11.1 Å². The van der Waals surface area contributed by atoms with Crippen LogP contribution in [0.25, 0.3) is 16.9 Å². The van der Waals surface area contributed by atoms with E-state index in [9.17, 15) is 9.90 Å². The number of fused-ring (bicyclic) bond motifs is 1. The number of aromatic carboxylic acids is 1. The number of aromatic nitrogens is 3. The van der Waals surface area contributed by atoms with Crippen LogP contribution in [0.5, 0.6) is 0 Å². The summed E-state index contributed by atoms with van der Waals surface area (Å²) in [6.45, 7) is 3.69. The fourth-order valence-corrected chi connectivity index (χ4v) is 2.20. The lowest BCUT2D eigenvalue weighted by molar-refractivity contribution is 0.0688. The van der Waals surface area contributed by atoms with Crippen molar-refractivity contribution in [2.24, 2.45) is 0 Å². The van der Waals surface area contributed by atoms with Crippen LogP contribution in [0.2, 0.25) is 0 Å². The number of aryl methyl sites for hydroxylation is 2. The van der Waals surface area contributed by atoms with Gasteiger partial charge in [0.1, 0.15) is 0 Å². The smallest absolute Gasteiger partial charge is 0.354 e. The highest BCUT2D eigenvalue weighted by atomic mass is 16.4. The molecule has 0 aliphatic rings. The van der Waals surface area contributed by atoms with Gasteiger partial charge in [0.15, 0.2) is 5.69 Å². The van der Waals surface area contributed by atoms with Gasteiger partial charge in [-0.2, -0.15) is 0 Å². The molecule has 0 aliphatic heterocycles. The average molecular weight is 267 g/mol. The Balaban J connectivity index is 2.21. The zero-order valence-electron chi connectivity index (χ0n) is 11.2. The maximum absolute atomic E-state index is 11.3. The molecule has 0 saturated carbocycles. The molecule has 2 heterocycles. The van der Waals surface area contributed by atoms with Crippen molar-refractivity contribution in [3.05, 3.63) is 53.6 Å². The minimum Gasteiger partial charge on any atom is -0.477 e. The number of rotatable bonds is 2. The van der Waals surface area contributed by atoms with Crippen LogP contribution in [-0.2, 0) is 0 Å². The van der Waals surface area contributed by atoms with Crippen LogP contribution < -0.4 is 0 Å². The van der Waals surface area contributed by atoms with Gasteiger partial charge in [0.2, 0.25) is 5.78 Å². The molecule has 5 nitrogen and oxygen atoms in total. The third-order valence-electron chi connectivity index (χ3n) is 3.24. The lowest BCUT2D eigenvalue weighted by Gasteiger charge is -2.04. The van der Waals surface area contributed by atoms with E-state index in [1.54, 1.807) is 19.3 Å². The average Bonchev–Trinajstić information content (AvgIpc) is 2.74. The van der Waals surface area contributed by atoms with Crippen LogP contribution in [0.3, 0.4) is 0 Å². The lowest BCUT2D eigenvalue weighted by atomic mass is 10.1. The van der Waals surface area contributed by atoms with Crippen molar-refractivity contribution in [1.29, 1.82) is 0 Å². The Kier molecular flexibility index (Phi) is 2.75. The molecule has 0 amide bonds. The SMILES string of the molecule is Cc1ccc(-c2cnc3nc(C)c(C(=O)O)n3c2)cc1. The molecule has 0 radical (unpaired) electrons. The Hall–Kier alpha value is -2.69. The summed E-state index contributed by atoms with van der Waals surface area (Å²) in [7, 11) is 0. The summed E-state index contributed by atoms with van der Waals surface area (Å²) in [6.07, 6.45) is 3.47. The van der Waals surface area contributed by atoms with Gasteiger partial charge in [-0.25, -0.2) is 14.8 Å². The van der Waals surface area contributed by atoms with Crippen molar-refractivity contribution in [2.45, 2.75) is 13.8 Å². The Morgan fingerprint density at radius 1 is 1.15 bits per heavy atom. The molecule has 3 rings (SSSR count). The van der Waals surface area contributed by atoms with E-state index in [-0.39, 0.29) is 5.69 Å². The molecular weight excluding hydrogens is 254 g/mol. The van der Waals surface area contributed by atoms with Crippen LogP contribution in [-0.4, -0.2) is 25.4 Å². The first-order valence-electron chi connectivity index (χ1n) is 6.21. The highest BCUT2D eigenvalue weighted by Crippen LogP contribution is 2.20. The second-order valence-electron chi connectivity index (χ2n) is 4.73. The molecule has 2 aromatic heterocycles.